The summed E-state index contributed by atoms with van der Waals surface area (Å²) in [4.78, 5) is 0. The molecule has 0 N–H and O–H groups in total. The molecular weight excluding hydrogens is 204 g/mol. The highest BCUT2D eigenvalue weighted by Crippen LogP contribution is 2.35. The van der Waals surface area contributed by atoms with E-state index in [1.807, 2.05) is 6.07 Å². The summed E-state index contributed by atoms with van der Waals surface area (Å²) in [5.74, 6) is 1.74. The van der Waals surface area contributed by atoms with Gasteiger partial charge in [-0.05, 0) is 24.6 Å². The number of hydrogen-bond acceptors (Lipinski definition) is 3. The highest BCUT2D eigenvalue weighted by atomic mass is 16.6. The van der Waals surface area contributed by atoms with E-state index in [1.165, 1.54) is 5.56 Å². The lowest BCUT2D eigenvalue weighted by atomic mass is 10.0. The van der Waals surface area contributed by atoms with Gasteiger partial charge in [-0.2, -0.15) is 0 Å². The van der Waals surface area contributed by atoms with Crippen molar-refractivity contribution in [3.05, 3.63) is 23.8 Å². The molecule has 0 aliphatic carbocycles. The van der Waals surface area contributed by atoms with Gasteiger partial charge in [0.1, 0.15) is 0 Å². The number of ether oxygens (including phenoxy) is 3. The Hall–Kier alpha value is -1.22. The molecule has 0 radical (unpaired) electrons. The SMILES string of the molecule is CC1(Cc2ccc3c(c2)OCCCO3)CO1. The summed E-state index contributed by atoms with van der Waals surface area (Å²) < 4.78 is 16.6. The molecule has 0 saturated carbocycles. The Morgan fingerprint density at radius 1 is 1.19 bits per heavy atom. The van der Waals surface area contributed by atoms with E-state index in [-0.39, 0.29) is 5.60 Å². The van der Waals surface area contributed by atoms with E-state index in [4.69, 9.17) is 14.2 Å². The van der Waals surface area contributed by atoms with Gasteiger partial charge in [-0.3, -0.25) is 0 Å². The minimum atomic E-state index is 0.0554. The van der Waals surface area contributed by atoms with Gasteiger partial charge < -0.3 is 14.2 Å². The van der Waals surface area contributed by atoms with Gasteiger partial charge in [0.2, 0.25) is 0 Å². The molecule has 2 aliphatic rings. The number of hydrogen-bond donors (Lipinski definition) is 0. The minimum absolute atomic E-state index is 0.0554. The molecule has 16 heavy (non-hydrogen) atoms. The van der Waals surface area contributed by atoms with Crippen LogP contribution in [0.4, 0.5) is 0 Å². The van der Waals surface area contributed by atoms with Crippen LogP contribution in [0.15, 0.2) is 18.2 Å². The number of fused-ring (bicyclic) bond motifs is 1. The predicted octanol–water partition coefficient (Wildman–Crippen LogP) is 2.18. The second-order valence-electron chi connectivity index (χ2n) is 4.75. The van der Waals surface area contributed by atoms with Gasteiger partial charge in [0.15, 0.2) is 11.5 Å². The Morgan fingerprint density at radius 3 is 2.69 bits per heavy atom. The van der Waals surface area contributed by atoms with Crippen LogP contribution in [-0.2, 0) is 11.2 Å². The van der Waals surface area contributed by atoms with Gasteiger partial charge in [0.05, 0.1) is 25.4 Å². The summed E-state index contributed by atoms with van der Waals surface area (Å²) in [6.07, 6.45) is 1.90. The maximum atomic E-state index is 5.66. The largest absolute Gasteiger partial charge is 0.490 e. The average Bonchev–Trinajstić information content (AvgIpc) is 3.01. The van der Waals surface area contributed by atoms with Gasteiger partial charge in [0, 0.05) is 12.8 Å². The quantitative estimate of drug-likeness (QED) is 0.716. The molecule has 1 unspecified atom stereocenters. The zero-order chi connectivity index (χ0) is 11.0. The molecule has 0 aromatic heterocycles. The van der Waals surface area contributed by atoms with E-state index in [2.05, 4.69) is 19.1 Å². The summed E-state index contributed by atoms with van der Waals surface area (Å²) in [6, 6.07) is 6.18. The van der Waals surface area contributed by atoms with E-state index in [0.29, 0.717) is 0 Å². The van der Waals surface area contributed by atoms with Crippen molar-refractivity contribution in [3.8, 4) is 11.5 Å². The topological polar surface area (TPSA) is 31.0 Å². The Kier molecular flexibility index (Phi) is 2.28. The van der Waals surface area contributed by atoms with Gasteiger partial charge in [0.25, 0.3) is 0 Å². The first-order chi connectivity index (χ1) is 7.75. The van der Waals surface area contributed by atoms with Crippen molar-refractivity contribution in [1.82, 2.24) is 0 Å². The molecule has 2 aliphatic heterocycles. The van der Waals surface area contributed by atoms with Crippen molar-refractivity contribution in [2.75, 3.05) is 19.8 Å². The van der Waals surface area contributed by atoms with Gasteiger partial charge in [-0.15, -0.1) is 0 Å². The summed E-state index contributed by atoms with van der Waals surface area (Å²) in [6.45, 7) is 4.48. The molecule has 3 nitrogen and oxygen atoms in total. The first-order valence-electron chi connectivity index (χ1n) is 5.78. The molecule has 0 bridgehead atoms. The summed E-state index contributed by atoms with van der Waals surface area (Å²) in [5.41, 5.74) is 1.31. The van der Waals surface area contributed by atoms with E-state index in [0.717, 1.165) is 44.2 Å². The molecule has 3 rings (SSSR count). The molecule has 1 saturated heterocycles. The molecular formula is C13H16O3. The minimum Gasteiger partial charge on any atom is -0.490 e. The molecule has 1 aromatic carbocycles. The average molecular weight is 220 g/mol. The highest BCUT2D eigenvalue weighted by molar-refractivity contribution is 5.43. The maximum Gasteiger partial charge on any atom is 0.161 e. The first kappa shape index (κ1) is 9.97. The number of rotatable bonds is 2. The van der Waals surface area contributed by atoms with E-state index in [1.54, 1.807) is 0 Å². The van der Waals surface area contributed by atoms with Crippen LogP contribution in [-0.4, -0.2) is 25.4 Å². The summed E-state index contributed by atoms with van der Waals surface area (Å²) >= 11 is 0. The summed E-state index contributed by atoms with van der Waals surface area (Å²) in [5, 5.41) is 0. The van der Waals surface area contributed by atoms with Gasteiger partial charge in [-0.1, -0.05) is 6.07 Å². The lowest BCUT2D eigenvalue weighted by Gasteiger charge is -2.10. The number of benzene rings is 1. The van der Waals surface area contributed by atoms with Crippen LogP contribution < -0.4 is 9.47 Å². The van der Waals surface area contributed by atoms with Crippen molar-refractivity contribution >= 4 is 0 Å². The molecule has 1 aromatic rings. The molecule has 3 heteroatoms. The summed E-state index contributed by atoms with van der Waals surface area (Å²) in [7, 11) is 0. The lowest BCUT2D eigenvalue weighted by molar-refractivity contribution is 0.296. The third-order valence-electron chi connectivity index (χ3n) is 3.03. The Balaban J connectivity index is 1.83. The zero-order valence-corrected chi connectivity index (χ0v) is 9.49. The molecule has 0 amide bonds. The van der Waals surface area contributed by atoms with E-state index >= 15 is 0 Å². The normalized spacial score (nSPS) is 27.3. The van der Waals surface area contributed by atoms with E-state index < -0.39 is 0 Å². The molecule has 0 spiro atoms. The van der Waals surface area contributed by atoms with Crippen LogP contribution in [0.1, 0.15) is 18.9 Å². The third-order valence-corrected chi connectivity index (χ3v) is 3.03. The third kappa shape index (κ3) is 2.00. The second-order valence-corrected chi connectivity index (χ2v) is 4.75. The monoisotopic (exact) mass is 220 g/mol. The fourth-order valence-electron chi connectivity index (χ4n) is 1.97. The van der Waals surface area contributed by atoms with Crippen molar-refractivity contribution in [3.63, 3.8) is 0 Å². The molecule has 1 atom stereocenters. The van der Waals surface area contributed by atoms with Crippen LogP contribution in [0.25, 0.3) is 0 Å². The van der Waals surface area contributed by atoms with Crippen LogP contribution in [0.3, 0.4) is 0 Å². The fourth-order valence-corrected chi connectivity index (χ4v) is 1.97. The van der Waals surface area contributed by atoms with Crippen molar-refractivity contribution in [2.45, 2.75) is 25.4 Å². The Morgan fingerprint density at radius 2 is 1.94 bits per heavy atom. The number of epoxide rings is 1. The lowest BCUT2D eigenvalue weighted by Crippen LogP contribution is -2.08. The van der Waals surface area contributed by atoms with Gasteiger partial charge in [-0.25, -0.2) is 0 Å². The smallest absolute Gasteiger partial charge is 0.161 e. The molecule has 2 heterocycles. The van der Waals surface area contributed by atoms with Crippen LogP contribution in [0.5, 0.6) is 11.5 Å². The Bertz CT molecular complexity index is 396. The second kappa shape index (κ2) is 3.67. The predicted molar refractivity (Wildman–Crippen MR) is 60.1 cm³/mol. The van der Waals surface area contributed by atoms with Crippen molar-refractivity contribution in [1.29, 1.82) is 0 Å². The maximum absolute atomic E-state index is 5.66. The van der Waals surface area contributed by atoms with Crippen molar-refractivity contribution in [2.24, 2.45) is 0 Å². The first-order valence-corrected chi connectivity index (χ1v) is 5.78. The van der Waals surface area contributed by atoms with Crippen LogP contribution in [0, 0.1) is 0 Å². The highest BCUT2D eigenvalue weighted by Gasteiger charge is 2.39. The van der Waals surface area contributed by atoms with Crippen molar-refractivity contribution < 1.29 is 14.2 Å². The Labute approximate surface area is 95.3 Å². The van der Waals surface area contributed by atoms with Crippen LogP contribution >= 0.6 is 0 Å². The van der Waals surface area contributed by atoms with E-state index in [9.17, 15) is 0 Å². The van der Waals surface area contributed by atoms with Crippen LogP contribution in [0.2, 0.25) is 0 Å². The fraction of sp³-hybridized carbons (Fsp3) is 0.538. The standard InChI is InChI=1S/C13H16O3/c1-13(9-16-13)8-10-3-4-11-12(7-10)15-6-2-5-14-11/h3-4,7H,2,5-6,8-9H2,1H3. The molecule has 86 valence electrons. The van der Waals surface area contributed by atoms with Gasteiger partial charge >= 0.3 is 0 Å². The zero-order valence-electron chi connectivity index (χ0n) is 9.49. The molecule has 1 fully saturated rings.